The largest absolute Gasteiger partial charge is 0.331 e. The van der Waals surface area contributed by atoms with E-state index >= 15 is 0 Å². The second-order valence-electron chi connectivity index (χ2n) is 7.54. The van der Waals surface area contributed by atoms with Crippen LogP contribution in [0.3, 0.4) is 0 Å². The van der Waals surface area contributed by atoms with Gasteiger partial charge in [0.1, 0.15) is 5.54 Å². The first-order chi connectivity index (χ1) is 14.2. The molecule has 1 aromatic carbocycles. The molecular formula is C21H25N3O5S. The number of benzene rings is 1. The van der Waals surface area contributed by atoms with Crippen LogP contribution in [-0.4, -0.2) is 66.2 Å². The lowest BCUT2D eigenvalue weighted by atomic mass is 9.92. The average Bonchev–Trinajstić information content (AvgIpc) is 2.95. The number of amides is 4. The van der Waals surface area contributed by atoms with E-state index in [9.17, 15) is 22.8 Å². The van der Waals surface area contributed by atoms with E-state index in [1.54, 1.807) is 41.3 Å². The van der Waals surface area contributed by atoms with Gasteiger partial charge in [0.25, 0.3) is 11.8 Å². The number of rotatable bonds is 7. The molecule has 1 spiro atoms. The Balaban J connectivity index is 1.70. The van der Waals surface area contributed by atoms with Gasteiger partial charge in [0.2, 0.25) is 0 Å². The molecule has 0 aromatic heterocycles. The van der Waals surface area contributed by atoms with E-state index in [1.807, 2.05) is 0 Å². The van der Waals surface area contributed by atoms with E-state index in [1.165, 1.54) is 0 Å². The van der Waals surface area contributed by atoms with Crippen LogP contribution in [0.4, 0.5) is 4.79 Å². The van der Waals surface area contributed by atoms with E-state index in [4.69, 9.17) is 0 Å². The van der Waals surface area contributed by atoms with Crippen LogP contribution >= 0.6 is 0 Å². The van der Waals surface area contributed by atoms with E-state index < -0.39 is 27.3 Å². The summed E-state index contributed by atoms with van der Waals surface area (Å²) in [4.78, 5) is 40.6. The topological polar surface area (TPSA) is 104 Å². The smallest absolute Gasteiger partial charge is 0.325 e. The van der Waals surface area contributed by atoms with Crippen molar-refractivity contribution < 1.29 is 22.8 Å². The Bertz CT molecular complexity index is 960. The van der Waals surface area contributed by atoms with Gasteiger partial charge in [0, 0.05) is 18.7 Å². The molecule has 1 N–H and O–H groups in total. The number of imide groups is 1. The summed E-state index contributed by atoms with van der Waals surface area (Å²) in [6.45, 7) is 8.15. The van der Waals surface area contributed by atoms with Crippen LogP contribution < -0.4 is 5.32 Å². The van der Waals surface area contributed by atoms with Crippen LogP contribution in [-0.2, 0) is 21.2 Å². The fraction of sp³-hybridized carbons (Fsp3) is 0.381. The summed E-state index contributed by atoms with van der Waals surface area (Å²) in [5.41, 5.74) is 0.0388. The van der Waals surface area contributed by atoms with E-state index in [0.29, 0.717) is 24.2 Å². The molecule has 3 rings (SSSR count). The monoisotopic (exact) mass is 431 g/mol. The number of nitrogens with zero attached hydrogens (tertiary/aromatic N) is 2. The number of carbonyl (C=O) groups is 3. The van der Waals surface area contributed by atoms with Crippen molar-refractivity contribution in [2.24, 2.45) is 0 Å². The van der Waals surface area contributed by atoms with Gasteiger partial charge >= 0.3 is 6.03 Å². The van der Waals surface area contributed by atoms with Gasteiger partial charge < -0.3 is 10.2 Å². The van der Waals surface area contributed by atoms with Crippen molar-refractivity contribution in [3.8, 4) is 0 Å². The highest BCUT2D eigenvalue weighted by Crippen LogP contribution is 2.31. The van der Waals surface area contributed by atoms with Crippen LogP contribution in [0.1, 0.15) is 28.8 Å². The molecule has 4 amide bonds. The number of nitrogens with one attached hydrogen (secondary N) is 1. The molecule has 2 aliphatic heterocycles. The average molecular weight is 432 g/mol. The van der Waals surface area contributed by atoms with Crippen LogP contribution in [0.25, 0.3) is 0 Å². The Morgan fingerprint density at radius 2 is 1.67 bits per heavy atom. The highest BCUT2D eigenvalue weighted by atomic mass is 32.2. The minimum Gasteiger partial charge on any atom is -0.331 e. The number of sulfone groups is 1. The molecule has 2 aliphatic rings. The molecule has 0 bridgehead atoms. The van der Waals surface area contributed by atoms with Gasteiger partial charge in [-0.1, -0.05) is 24.3 Å². The normalized spacial score (nSPS) is 19.4. The van der Waals surface area contributed by atoms with Gasteiger partial charge in [-0.3, -0.25) is 14.5 Å². The number of carbonyl (C=O) groups excluding carboxylic acids is 3. The lowest BCUT2D eigenvalue weighted by Crippen LogP contribution is -2.52. The van der Waals surface area contributed by atoms with Crippen molar-refractivity contribution in [1.82, 2.24) is 15.1 Å². The molecule has 1 aromatic rings. The summed E-state index contributed by atoms with van der Waals surface area (Å²) in [7, 11) is -3.16. The van der Waals surface area contributed by atoms with Crippen LogP contribution in [0.2, 0.25) is 0 Å². The molecule has 0 saturated carbocycles. The van der Waals surface area contributed by atoms with E-state index in [0.717, 1.165) is 4.90 Å². The second-order valence-corrected chi connectivity index (χ2v) is 9.84. The van der Waals surface area contributed by atoms with Crippen LogP contribution in [0, 0.1) is 0 Å². The predicted octanol–water partition coefficient (Wildman–Crippen LogP) is 1.50. The van der Waals surface area contributed by atoms with Gasteiger partial charge in [-0.2, -0.15) is 0 Å². The molecule has 8 nitrogen and oxygen atoms in total. The zero-order valence-corrected chi connectivity index (χ0v) is 17.5. The number of hydrogen-bond donors (Lipinski definition) is 1. The molecule has 2 fully saturated rings. The number of hydrogen-bond acceptors (Lipinski definition) is 5. The lowest BCUT2D eigenvalue weighted by molar-refractivity contribution is -0.132. The van der Waals surface area contributed by atoms with Crippen molar-refractivity contribution in [1.29, 1.82) is 0 Å². The lowest BCUT2D eigenvalue weighted by Gasteiger charge is -2.30. The van der Waals surface area contributed by atoms with Crippen LogP contribution in [0.5, 0.6) is 0 Å². The molecule has 0 radical (unpaired) electrons. The molecule has 0 aliphatic carbocycles. The zero-order chi connectivity index (χ0) is 21.9. The minimum absolute atomic E-state index is 0.0522. The maximum absolute atomic E-state index is 12.9. The third kappa shape index (κ3) is 4.30. The van der Waals surface area contributed by atoms with Crippen molar-refractivity contribution in [2.45, 2.75) is 24.9 Å². The Morgan fingerprint density at radius 3 is 2.20 bits per heavy atom. The van der Waals surface area contributed by atoms with E-state index in [-0.39, 0.29) is 36.8 Å². The fourth-order valence-electron chi connectivity index (χ4n) is 3.72. The summed E-state index contributed by atoms with van der Waals surface area (Å²) >= 11 is 0. The van der Waals surface area contributed by atoms with Crippen molar-refractivity contribution in [2.75, 3.05) is 24.6 Å². The second kappa shape index (κ2) is 8.43. The molecule has 9 heteroatoms. The zero-order valence-electron chi connectivity index (χ0n) is 16.7. The first kappa shape index (κ1) is 21.8. The molecule has 30 heavy (non-hydrogen) atoms. The third-order valence-electron chi connectivity index (χ3n) is 5.45. The Kier molecular flexibility index (Phi) is 6.12. The molecular weight excluding hydrogens is 406 g/mol. The molecule has 2 saturated heterocycles. The SMILES string of the molecule is C=CCN(CC=C)C(=O)c1ccc(CN2C(=O)NC3(CCS(=O)(=O)CC3)C2=O)cc1. The summed E-state index contributed by atoms with van der Waals surface area (Å²) < 4.78 is 23.4. The van der Waals surface area contributed by atoms with Crippen molar-refractivity contribution in [3.05, 3.63) is 60.7 Å². The molecule has 0 atom stereocenters. The first-order valence-corrected chi connectivity index (χ1v) is 11.5. The Labute approximate surface area is 176 Å². The quantitative estimate of drug-likeness (QED) is 0.520. The summed E-state index contributed by atoms with van der Waals surface area (Å²) in [6, 6.07) is 6.17. The standard InChI is InChI=1S/C21H25N3O5S/c1-3-11-23(12-4-2)18(25)17-7-5-16(6-8-17)15-24-19(26)21(22-20(24)27)9-13-30(28,29)14-10-21/h3-8H,1-2,9-15H2,(H,22,27). The van der Waals surface area contributed by atoms with Gasteiger partial charge in [-0.15, -0.1) is 13.2 Å². The molecule has 160 valence electrons. The minimum atomic E-state index is -3.16. The highest BCUT2D eigenvalue weighted by Gasteiger charge is 2.53. The molecule has 0 unspecified atom stereocenters. The summed E-state index contributed by atoms with van der Waals surface area (Å²) in [5.74, 6) is -0.796. The van der Waals surface area contributed by atoms with Gasteiger partial charge in [-0.25, -0.2) is 13.2 Å². The third-order valence-corrected chi connectivity index (χ3v) is 7.11. The maximum Gasteiger partial charge on any atom is 0.325 e. The fourth-order valence-corrected chi connectivity index (χ4v) is 5.24. The van der Waals surface area contributed by atoms with Crippen molar-refractivity contribution in [3.63, 3.8) is 0 Å². The summed E-state index contributed by atoms with van der Waals surface area (Å²) in [6.07, 6.45) is 3.46. The Morgan fingerprint density at radius 1 is 1.10 bits per heavy atom. The molecule has 2 heterocycles. The predicted molar refractivity (Wildman–Crippen MR) is 112 cm³/mol. The van der Waals surface area contributed by atoms with Gasteiger partial charge in [0.05, 0.1) is 18.1 Å². The highest BCUT2D eigenvalue weighted by molar-refractivity contribution is 7.91. The van der Waals surface area contributed by atoms with Crippen LogP contribution in [0.15, 0.2) is 49.6 Å². The van der Waals surface area contributed by atoms with Gasteiger partial charge in [0.15, 0.2) is 9.84 Å². The Hall–Kier alpha value is -2.94. The summed E-state index contributed by atoms with van der Waals surface area (Å²) in [5, 5.41) is 2.69. The number of urea groups is 1. The maximum atomic E-state index is 12.9. The van der Waals surface area contributed by atoms with E-state index in [2.05, 4.69) is 18.5 Å². The van der Waals surface area contributed by atoms with Gasteiger partial charge in [-0.05, 0) is 30.5 Å². The first-order valence-electron chi connectivity index (χ1n) is 9.66. The van der Waals surface area contributed by atoms with Crippen molar-refractivity contribution >= 4 is 27.7 Å².